The largest absolute Gasteiger partial charge is 0.471 e. The number of nitrogens with zero attached hydrogens (tertiary/aromatic N) is 4. The minimum atomic E-state index is -4.81. The van der Waals surface area contributed by atoms with Gasteiger partial charge in [-0.25, -0.2) is 4.98 Å². The molecule has 6 nitrogen and oxygen atoms in total. The summed E-state index contributed by atoms with van der Waals surface area (Å²) in [6, 6.07) is 7.42. The summed E-state index contributed by atoms with van der Waals surface area (Å²) in [5, 5.41) is 12.9. The zero-order chi connectivity index (χ0) is 21.3. The highest BCUT2D eigenvalue weighted by Crippen LogP contribution is 2.31. The second kappa shape index (κ2) is 8.07. The number of alkyl halides is 3. The number of rotatable bonds is 2. The molecule has 1 N–H and O–H groups in total. The molecule has 156 valence electrons. The normalized spacial score (nSPS) is 18.0. The number of amides is 1. The average molecular weight is 433 g/mol. The molecule has 1 fully saturated rings. The number of amidine groups is 1. The lowest BCUT2D eigenvalue weighted by Crippen LogP contribution is -2.45. The van der Waals surface area contributed by atoms with E-state index in [4.69, 9.17) is 5.26 Å². The highest BCUT2D eigenvalue weighted by Gasteiger charge is 2.43. The number of aromatic nitrogens is 1. The first-order valence-electron chi connectivity index (χ1n) is 9.52. The van der Waals surface area contributed by atoms with Gasteiger partial charge in [-0.3, -0.25) is 9.79 Å². The first kappa shape index (κ1) is 20.3. The van der Waals surface area contributed by atoms with Crippen LogP contribution in [0.1, 0.15) is 24.8 Å². The number of piperidine rings is 1. The number of hydrogen-bond donors (Lipinski definition) is 1. The predicted octanol–water partition coefficient (Wildman–Crippen LogP) is 4.11. The Balaban J connectivity index is 1.41. The van der Waals surface area contributed by atoms with Crippen LogP contribution >= 0.6 is 11.3 Å². The molecule has 2 aliphatic heterocycles. The summed E-state index contributed by atoms with van der Waals surface area (Å²) in [5.41, 5.74) is 2.51. The van der Waals surface area contributed by atoms with Crippen molar-refractivity contribution in [2.45, 2.75) is 25.4 Å². The highest BCUT2D eigenvalue weighted by molar-refractivity contribution is 7.22. The minimum absolute atomic E-state index is 0.110. The first-order valence-corrected chi connectivity index (χ1v) is 10.3. The summed E-state index contributed by atoms with van der Waals surface area (Å²) >= 11 is 1.43. The molecule has 30 heavy (non-hydrogen) atoms. The lowest BCUT2D eigenvalue weighted by atomic mass is 9.86. The van der Waals surface area contributed by atoms with Crippen LogP contribution in [0.2, 0.25) is 0 Å². The Hall–Kier alpha value is -2.93. The molecule has 0 radical (unpaired) electrons. The standard InChI is InChI=1S/C20H18F3N5OS/c21-20(22,23)18(29)28-7-4-13(5-8-28)14-3-6-25-17(10-14)27-19-26-15-2-1-12(11-24)9-16(15)30-19/h1-2,9-10,13H,3-8H2,(H,25,26,27). The quantitative estimate of drug-likeness (QED) is 0.773. The van der Waals surface area contributed by atoms with E-state index >= 15 is 0 Å². The van der Waals surface area contributed by atoms with Gasteiger partial charge in [0.05, 0.1) is 21.8 Å². The number of nitrogens with one attached hydrogen (secondary N) is 1. The third-order valence-electron chi connectivity index (χ3n) is 5.31. The fourth-order valence-electron chi connectivity index (χ4n) is 3.79. The Morgan fingerprint density at radius 1 is 1.30 bits per heavy atom. The van der Waals surface area contributed by atoms with Gasteiger partial charge in [-0.05, 0) is 49.5 Å². The van der Waals surface area contributed by atoms with Gasteiger partial charge in [0.2, 0.25) is 0 Å². The highest BCUT2D eigenvalue weighted by atomic mass is 32.1. The van der Waals surface area contributed by atoms with E-state index in [0.29, 0.717) is 35.9 Å². The summed E-state index contributed by atoms with van der Waals surface area (Å²) in [6.07, 6.45) is -1.08. The van der Waals surface area contributed by atoms with Gasteiger partial charge >= 0.3 is 12.1 Å². The van der Waals surface area contributed by atoms with Crippen LogP contribution in [0.3, 0.4) is 0 Å². The molecule has 1 aromatic carbocycles. The van der Waals surface area contributed by atoms with Crippen molar-refractivity contribution in [1.29, 1.82) is 5.26 Å². The molecule has 0 saturated carbocycles. The molecule has 1 aromatic heterocycles. The van der Waals surface area contributed by atoms with Crippen molar-refractivity contribution in [2.75, 3.05) is 25.0 Å². The number of thiazole rings is 1. The third-order valence-corrected chi connectivity index (χ3v) is 6.24. The topological polar surface area (TPSA) is 81.4 Å². The number of likely N-dealkylation sites (tertiary alicyclic amines) is 1. The molecule has 0 atom stereocenters. The lowest BCUT2D eigenvalue weighted by molar-refractivity contribution is -0.186. The Morgan fingerprint density at radius 2 is 2.07 bits per heavy atom. The van der Waals surface area contributed by atoms with Crippen molar-refractivity contribution in [3.05, 3.63) is 35.4 Å². The molecule has 4 rings (SSSR count). The number of halogens is 3. The van der Waals surface area contributed by atoms with Crippen LogP contribution in [0.15, 0.2) is 34.8 Å². The van der Waals surface area contributed by atoms with Crippen LogP contribution in [0.25, 0.3) is 10.2 Å². The van der Waals surface area contributed by atoms with Gasteiger partial charge in [0.15, 0.2) is 5.13 Å². The van der Waals surface area contributed by atoms with Crippen LogP contribution in [-0.4, -0.2) is 47.4 Å². The molecule has 0 bridgehead atoms. The Bertz CT molecular complexity index is 1070. The van der Waals surface area contributed by atoms with Gasteiger partial charge in [-0.1, -0.05) is 16.9 Å². The number of dihydropyridines is 1. The van der Waals surface area contributed by atoms with Gasteiger partial charge in [0.1, 0.15) is 5.84 Å². The third kappa shape index (κ3) is 4.31. The maximum atomic E-state index is 12.6. The molecule has 0 aliphatic carbocycles. The van der Waals surface area contributed by atoms with Crippen molar-refractivity contribution >= 4 is 38.4 Å². The summed E-state index contributed by atoms with van der Waals surface area (Å²) in [4.78, 5) is 21.3. The number of benzene rings is 1. The van der Waals surface area contributed by atoms with E-state index in [1.165, 1.54) is 11.3 Å². The van der Waals surface area contributed by atoms with E-state index in [9.17, 15) is 18.0 Å². The molecule has 2 aliphatic rings. The number of carbonyl (C=O) groups excluding carboxylic acids is 1. The Morgan fingerprint density at radius 3 is 2.77 bits per heavy atom. The maximum absolute atomic E-state index is 12.6. The van der Waals surface area contributed by atoms with Crippen molar-refractivity contribution in [3.63, 3.8) is 0 Å². The molecule has 1 saturated heterocycles. The fourth-order valence-corrected chi connectivity index (χ4v) is 4.70. The minimum Gasteiger partial charge on any atom is -0.335 e. The van der Waals surface area contributed by atoms with Crippen molar-refractivity contribution in [3.8, 4) is 6.07 Å². The van der Waals surface area contributed by atoms with Gasteiger partial charge in [0.25, 0.3) is 0 Å². The van der Waals surface area contributed by atoms with E-state index in [-0.39, 0.29) is 19.0 Å². The number of hydrogen-bond acceptors (Lipinski definition) is 6. The lowest BCUT2D eigenvalue weighted by Gasteiger charge is -2.34. The van der Waals surface area contributed by atoms with E-state index in [1.807, 2.05) is 6.08 Å². The summed E-state index contributed by atoms with van der Waals surface area (Å²) in [7, 11) is 0. The zero-order valence-electron chi connectivity index (χ0n) is 15.9. The maximum Gasteiger partial charge on any atom is 0.471 e. The Labute approximate surface area is 174 Å². The zero-order valence-corrected chi connectivity index (χ0v) is 16.7. The molecule has 2 aromatic rings. The molecule has 3 heterocycles. The molecule has 0 unspecified atom stereocenters. The number of fused-ring (bicyclic) bond motifs is 1. The van der Waals surface area contributed by atoms with E-state index in [1.54, 1.807) is 18.2 Å². The van der Waals surface area contributed by atoms with E-state index in [0.717, 1.165) is 27.1 Å². The molecular weight excluding hydrogens is 415 g/mol. The fraction of sp³-hybridized carbons (Fsp3) is 0.400. The smallest absolute Gasteiger partial charge is 0.335 e. The molecular formula is C20H18F3N5OS. The molecule has 10 heteroatoms. The van der Waals surface area contributed by atoms with Crippen LogP contribution < -0.4 is 5.32 Å². The van der Waals surface area contributed by atoms with Crippen molar-refractivity contribution in [2.24, 2.45) is 10.9 Å². The van der Waals surface area contributed by atoms with Crippen LogP contribution in [0, 0.1) is 17.2 Å². The van der Waals surface area contributed by atoms with Crippen LogP contribution in [-0.2, 0) is 4.79 Å². The number of anilines is 1. The van der Waals surface area contributed by atoms with E-state index < -0.39 is 12.1 Å². The monoisotopic (exact) mass is 433 g/mol. The molecule has 1 amide bonds. The van der Waals surface area contributed by atoms with Crippen molar-refractivity contribution in [1.82, 2.24) is 9.88 Å². The van der Waals surface area contributed by atoms with E-state index in [2.05, 4.69) is 21.4 Å². The first-order chi connectivity index (χ1) is 14.3. The van der Waals surface area contributed by atoms with Gasteiger partial charge in [0, 0.05) is 19.6 Å². The van der Waals surface area contributed by atoms with Crippen LogP contribution in [0.5, 0.6) is 0 Å². The van der Waals surface area contributed by atoms with Crippen LogP contribution in [0.4, 0.5) is 18.3 Å². The number of aliphatic imine (C=N–C) groups is 1. The average Bonchev–Trinajstić information content (AvgIpc) is 3.14. The van der Waals surface area contributed by atoms with Gasteiger partial charge < -0.3 is 10.2 Å². The van der Waals surface area contributed by atoms with Gasteiger partial charge in [-0.15, -0.1) is 0 Å². The number of nitriles is 1. The van der Waals surface area contributed by atoms with Gasteiger partial charge in [-0.2, -0.15) is 18.4 Å². The SMILES string of the molecule is N#Cc1ccc2nc(NC3=NCCC(C4CCN(C(=O)C(F)(F)F)CC4)=C3)sc2c1. The summed E-state index contributed by atoms with van der Waals surface area (Å²) in [5.74, 6) is -0.939. The second-order valence-electron chi connectivity index (χ2n) is 7.24. The van der Waals surface area contributed by atoms with Crippen molar-refractivity contribution < 1.29 is 18.0 Å². The Kier molecular flexibility index (Phi) is 5.47. The summed E-state index contributed by atoms with van der Waals surface area (Å²) < 4.78 is 38.7. The number of carbonyl (C=O) groups is 1. The summed E-state index contributed by atoms with van der Waals surface area (Å²) in [6.45, 7) is 0.817. The predicted molar refractivity (Wildman–Crippen MR) is 108 cm³/mol. The molecule has 0 spiro atoms. The second-order valence-corrected chi connectivity index (χ2v) is 8.27.